The fourth-order valence-corrected chi connectivity index (χ4v) is 2.91. The molecule has 1 heterocycles. The SMILES string of the molecule is CCCNc1cnc(C(=O)NC2CCC(C)CC2C)cn1. The number of anilines is 1. The molecule has 0 saturated heterocycles. The minimum absolute atomic E-state index is 0.115. The molecule has 1 aliphatic carbocycles. The van der Waals surface area contributed by atoms with Gasteiger partial charge in [0, 0.05) is 12.6 Å². The molecular weight excluding hydrogens is 264 g/mol. The van der Waals surface area contributed by atoms with Crippen LogP contribution in [-0.2, 0) is 0 Å². The molecule has 0 spiro atoms. The van der Waals surface area contributed by atoms with Gasteiger partial charge in [0.2, 0.25) is 0 Å². The zero-order chi connectivity index (χ0) is 15.2. The van der Waals surface area contributed by atoms with Crippen molar-refractivity contribution in [1.82, 2.24) is 15.3 Å². The van der Waals surface area contributed by atoms with E-state index in [-0.39, 0.29) is 11.9 Å². The third kappa shape index (κ3) is 4.41. The van der Waals surface area contributed by atoms with Crippen LogP contribution in [0.5, 0.6) is 0 Å². The first-order valence-corrected chi connectivity index (χ1v) is 7.97. The first-order chi connectivity index (χ1) is 10.1. The van der Waals surface area contributed by atoms with E-state index in [1.807, 2.05) is 0 Å². The maximum absolute atomic E-state index is 12.2. The van der Waals surface area contributed by atoms with Crippen molar-refractivity contribution in [2.45, 2.75) is 52.5 Å². The van der Waals surface area contributed by atoms with Gasteiger partial charge in [0.1, 0.15) is 11.5 Å². The standard InChI is InChI=1S/C16H26N4O/c1-4-7-17-15-10-18-14(9-19-15)16(21)20-13-6-5-11(2)8-12(13)3/h9-13H,4-8H2,1-3H3,(H,17,19)(H,20,21). The van der Waals surface area contributed by atoms with E-state index in [0.717, 1.165) is 25.3 Å². The summed E-state index contributed by atoms with van der Waals surface area (Å²) in [5.41, 5.74) is 0.392. The van der Waals surface area contributed by atoms with E-state index in [4.69, 9.17) is 0 Å². The van der Waals surface area contributed by atoms with Crippen LogP contribution in [0.15, 0.2) is 12.4 Å². The summed E-state index contributed by atoms with van der Waals surface area (Å²) in [5, 5.41) is 6.25. The second kappa shape index (κ2) is 7.38. The van der Waals surface area contributed by atoms with Crippen molar-refractivity contribution in [1.29, 1.82) is 0 Å². The molecule has 1 fully saturated rings. The topological polar surface area (TPSA) is 66.9 Å². The quantitative estimate of drug-likeness (QED) is 0.875. The van der Waals surface area contributed by atoms with Gasteiger partial charge < -0.3 is 10.6 Å². The predicted octanol–water partition coefficient (Wildman–Crippen LogP) is 2.85. The van der Waals surface area contributed by atoms with E-state index in [9.17, 15) is 4.79 Å². The summed E-state index contributed by atoms with van der Waals surface area (Å²) < 4.78 is 0. The lowest BCUT2D eigenvalue weighted by atomic mass is 9.80. The largest absolute Gasteiger partial charge is 0.369 e. The molecule has 1 aromatic heterocycles. The zero-order valence-corrected chi connectivity index (χ0v) is 13.2. The summed E-state index contributed by atoms with van der Waals surface area (Å²) in [4.78, 5) is 20.7. The van der Waals surface area contributed by atoms with Gasteiger partial charge in [-0.2, -0.15) is 0 Å². The molecule has 3 unspecified atom stereocenters. The van der Waals surface area contributed by atoms with E-state index in [0.29, 0.717) is 17.4 Å². The number of carbonyl (C=O) groups is 1. The molecular formula is C16H26N4O. The average molecular weight is 290 g/mol. The van der Waals surface area contributed by atoms with Crippen molar-refractivity contribution < 1.29 is 4.79 Å². The van der Waals surface area contributed by atoms with E-state index in [2.05, 4.69) is 41.4 Å². The zero-order valence-electron chi connectivity index (χ0n) is 13.2. The molecule has 0 aromatic carbocycles. The van der Waals surface area contributed by atoms with Crippen LogP contribution in [0.2, 0.25) is 0 Å². The molecule has 5 heteroatoms. The van der Waals surface area contributed by atoms with Crippen molar-refractivity contribution in [3.63, 3.8) is 0 Å². The molecule has 0 radical (unpaired) electrons. The summed E-state index contributed by atoms with van der Waals surface area (Å²) >= 11 is 0. The Balaban J connectivity index is 1.91. The minimum Gasteiger partial charge on any atom is -0.369 e. The Morgan fingerprint density at radius 2 is 2.10 bits per heavy atom. The molecule has 0 bridgehead atoms. The van der Waals surface area contributed by atoms with Gasteiger partial charge in [-0.1, -0.05) is 20.8 Å². The average Bonchev–Trinajstić information content (AvgIpc) is 2.48. The second-order valence-corrected chi connectivity index (χ2v) is 6.19. The molecule has 0 aliphatic heterocycles. The lowest BCUT2D eigenvalue weighted by Crippen LogP contribution is -2.42. The van der Waals surface area contributed by atoms with Gasteiger partial charge in [-0.25, -0.2) is 9.97 Å². The number of hydrogen-bond acceptors (Lipinski definition) is 4. The number of amides is 1. The Bertz CT molecular complexity index is 460. The molecule has 3 atom stereocenters. The highest BCUT2D eigenvalue weighted by Crippen LogP contribution is 2.28. The molecule has 2 rings (SSSR count). The monoisotopic (exact) mass is 290 g/mol. The summed E-state index contributed by atoms with van der Waals surface area (Å²) in [6.07, 6.45) is 7.61. The Hall–Kier alpha value is -1.65. The van der Waals surface area contributed by atoms with Crippen LogP contribution >= 0.6 is 0 Å². The fraction of sp³-hybridized carbons (Fsp3) is 0.688. The highest BCUT2D eigenvalue weighted by molar-refractivity contribution is 5.92. The highest BCUT2D eigenvalue weighted by atomic mass is 16.1. The lowest BCUT2D eigenvalue weighted by molar-refractivity contribution is 0.0894. The van der Waals surface area contributed by atoms with E-state index in [1.165, 1.54) is 12.8 Å². The Morgan fingerprint density at radius 3 is 2.71 bits per heavy atom. The number of hydrogen-bond donors (Lipinski definition) is 2. The molecule has 5 nitrogen and oxygen atoms in total. The second-order valence-electron chi connectivity index (χ2n) is 6.19. The fourth-order valence-electron chi connectivity index (χ4n) is 2.91. The van der Waals surface area contributed by atoms with E-state index >= 15 is 0 Å². The molecule has 1 amide bonds. The van der Waals surface area contributed by atoms with Gasteiger partial charge in [0.15, 0.2) is 0 Å². The van der Waals surface area contributed by atoms with Crippen molar-refractivity contribution in [3.05, 3.63) is 18.1 Å². The van der Waals surface area contributed by atoms with Crippen molar-refractivity contribution >= 4 is 11.7 Å². The number of carbonyl (C=O) groups excluding carboxylic acids is 1. The molecule has 1 aromatic rings. The Kier molecular flexibility index (Phi) is 5.53. The van der Waals surface area contributed by atoms with Gasteiger partial charge in [-0.15, -0.1) is 0 Å². The van der Waals surface area contributed by atoms with Gasteiger partial charge in [-0.05, 0) is 37.5 Å². The highest BCUT2D eigenvalue weighted by Gasteiger charge is 2.27. The number of rotatable bonds is 5. The normalized spacial score (nSPS) is 25.4. The van der Waals surface area contributed by atoms with Crippen LogP contribution in [0.25, 0.3) is 0 Å². The third-order valence-corrected chi connectivity index (χ3v) is 4.19. The van der Waals surface area contributed by atoms with Crippen LogP contribution in [0.4, 0.5) is 5.82 Å². The summed E-state index contributed by atoms with van der Waals surface area (Å²) in [6, 6.07) is 0.258. The number of nitrogens with one attached hydrogen (secondary N) is 2. The molecule has 1 aliphatic rings. The van der Waals surface area contributed by atoms with Crippen molar-refractivity contribution in [3.8, 4) is 0 Å². The Morgan fingerprint density at radius 1 is 1.29 bits per heavy atom. The summed E-state index contributed by atoms with van der Waals surface area (Å²) in [7, 11) is 0. The summed E-state index contributed by atoms with van der Waals surface area (Å²) in [5.74, 6) is 1.89. The van der Waals surface area contributed by atoms with E-state index < -0.39 is 0 Å². The van der Waals surface area contributed by atoms with Gasteiger partial charge in [0.05, 0.1) is 12.4 Å². The van der Waals surface area contributed by atoms with Crippen LogP contribution in [0, 0.1) is 11.8 Å². The van der Waals surface area contributed by atoms with E-state index in [1.54, 1.807) is 12.4 Å². The molecule has 21 heavy (non-hydrogen) atoms. The number of nitrogens with zero attached hydrogens (tertiary/aromatic N) is 2. The molecule has 1 saturated carbocycles. The van der Waals surface area contributed by atoms with Crippen LogP contribution in [-0.4, -0.2) is 28.5 Å². The molecule has 2 N–H and O–H groups in total. The molecule has 116 valence electrons. The van der Waals surface area contributed by atoms with Crippen molar-refractivity contribution in [2.75, 3.05) is 11.9 Å². The van der Waals surface area contributed by atoms with Gasteiger partial charge in [0.25, 0.3) is 5.91 Å². The van der Waals surface area contributed by atoms with Crippen molar-refractivity contribution in [2.24, 2.45) is 11.8 Å². The minimum atomic E-state index is -0.115. The summed E-state index contributed by atoms with van der Waals surface area (Å²) in [6.45, 7) is 7.44. The smallest absolute Gasteiger partial charge is 0.271 e. The predicted molar refractivity (Wildman–Crippen MR) is 84.2 cm³/mol. The lowest BCUT2D eigenvalue weighted by Gasteiger charge is -2.33. The Labute approximate surface area is 127 Å². The first kappa shape index (κ1) is 15.7. The maximum atomic E-state index is 12.2. The van der Waals surface area contributed by atoms with Crippen LogP contribution in [0.1, 0.15) is 56.9 Å². The first-order valence-electron chi connectivity index (χ1n) is 7.97. The maximum Gasteiger partial charge on any atom is 0.271 e. The number of aromatic nitrogens is 2. The van der Waals surface area contributed by atoms with Gasteiger partial charge >= 0.3 is 0 Å². The van der Waals surface area contributed by atoms with Crippen LogP contribution < -0.4 is 10.6 Å². The van der Waals surface area contributed by atoms with Crippen LogP contribution in [0.3, 0.4) is 0 Å². The third-order valence-electron chi connectivity index (χ3n) is 4.19. The van der Waals surface area contributed by atoms with Gasteiger partial charge in [-0.3, -0.25) is 4.79 Å².